The summed E-state index contributed by atoms with van der Waals surface area (Å²) in [6.45, 7) is 7.81. The minimum atomic E-state index is -0.407. The van der Waals surface area contributed by atoms with Crippen LogP contribution >= 0.6 is 0 Å². The Kier molecular flexibility index (Phi) is 6.16. The molecule has 0 heterocycles. The van der Waals surface area contributed by atoms with Gasteiger partial charge in [-0.1, -0.05) is 19.1 Å². The van der Waals surface area contributed by atoms with Gasteiger partial charge in [-0.15, -0.1) is 0 Å². The van der Waals surface area contributed by atoms with Crippen LogP contribution in [-0.2, 0) is 4.74 Å². The fourth-order valence-electron chi connectivity index (χ4n) is 1.96. The zero-order chi connectivity index (χ0) is 13.5. The molecule has 1 rings (SSSR count). The molecule has 0 saturated heterocycles. The van der Waals surface area contributed by atoms with Gasteiger partial charge in [0.25, 0.3) is 0 Å². The van der Waals surface area contributed by atoms with E-state index in [1.54, 1.807) is 14.0 Å². The molecule has 102 valence electrons. The second kappa shape index (κ2) is 7.39. The SMILES string of the molecule is CCC(C)N(CCOC)c1ccc([C@H](C)O)cc1. The smallest absolute Gasteiger partial charge is 0.0761 e. The Morgan fingerprint density at radius 1 is 1.22 bits per heavy atom. The van der Waals surface area contributed by atoms with E-state index >= 15 is 0 Å². The minimum Gasteiger partial charge on any atom is -0.389 e. The molecule has 0 saturated carbocycles. The number of anilines is 1. The number of nitrogens with zero attached hydrogens (tertiary/aromatic N) is 1. The molecule has 0 bridgehead atoms. The van der Waals surface area contributed by atoms with Crippen molar-refractivity contribution >= 4 is 5.69 Å². The maximum atomic E-state index is 9.52. The molecular weight excluding hydrogens is 226 g/mol. The second-order valence-corrected chi connectivity index (χ2v) is 4.71. The van der Waals surface area contributed by atoms with Crippen molar-refractivity contribution in [1.29, 1.82) is 0 Å². The van der Waals surface area contributed by atoms with Gasteiger partial charge < -0.3 is 14.7 Å². The van der Waals surface area contributed by atoms with Crippen LogP contribution in [0.3, 0.4) is 0 Å². The predicted octanol–water partition coefficient (Wildman–Crippen LogP) is 2.99. The molecule has 1 aromatic carbocycles. The molecule has 0 radical (unpaired) electrons. The maximum absolute atomic E-state index is 9.52. The molecular formula is C15H25NO2. The number of aliphatic hydroxyl groups is 1. The van der Waals surface area contributed by atoms with Crippen molar-refractivity contribution in [3.05, 3.63) is 29.8 Å². The molecule has 3 nitrogen and oxygen atoms in total. The summed E-state index contributed by atoms with van der Waals surface area (Å²) >= 11 is 0. The Morgan fingerprint density at radius 3 is 2.28 bits per heavy atom. The lowest BCUT2D eigenvalue weighted by Gasteiger charge is -2.30. The van der Waals surface area contributed by atoms with Crippen LogP contribution in [0.4, 0.5) is 5.69 Å². The highest BCUT2D eigenvalue weighted by atomic mass is 16.5. The van der Waals surface area contributed by atoms with Gasteiger partial charge in [0.05, 0.1) is 12.7 Å². The van der Waals surface area contributed by atoms with Gasteiger partial charge in [-0.25, -0.2) is 0 Å². The number of ether oxygens (including phenoxy) is 1. The van der Waals surface area contributed by atoms with Crippen molar-refractivity contribution < 1.29 is 9.84 Å². The highest BCUT2D eigenvalue weighted by molar-refractivity contribution is 5.48. The van der Waals surface area contributed by atoms with Gasteiger partial charge in [0.2, 0.25) is 0 Å². The average Bonchev–Trinajstić information content (AvgIpc) is 2.39. The van der Waals surface area contributed by atoms with Crippen LogP contribution in [-0.4, -0.2) is 31.4 Å². The Labute approximate surface area is 110 Å². The van der Waals surface area contributed by atoms with Crippen LogP contribution in [0.5, 0.6) is 0 Å². The average molecular weight is 251 g/mol. The normalized spacial score (nSPS) is 14.3. The zero-order valence-corrected chi connectivity index (χ0v) is 11.9. The third kappa shape index (κ3) is 4.00. The predicted molar refractivity (Wildman–Crippen MR) is 76.1 cm³/mol. The lowest BCUT2D eigenvalue weighted by molar-refractivity contribution is 0.199. The zero-order valence-electron chi connectivity index (χ0n) is 11.9. The first kappa shape index (κ1) is 15.0. The standard InChI is InChI=1S/C15H25NO2/c1-5-12(2)16(10-11-18-4)15-8-6-14(7-9-15)13(3)17/h6-9,12-13,17H,5,10-11H2,1-4H3/t12?,13-/m0/s1. The van der Waals surface area contributed by atoms with E-state index < -0.39 is 6.10 Å². The van der Waals surface area contributed by atoms with Crippen LogP contribution in [0.2, 0.25) is 0 Å². The number of methoxy groups -OCH3 is 1. The molecule has 1 N–H and O–H groups in total. The van der Waals surface area contributed by atoms with Crippen molar-refractivity contribution in [3.63, 3.8) is 0 Å². The third-order valence-corrected chi connectivity index (χ3v) is 3.37. The van der Waals surface area contributed by atoms with Crippen LogP contribution in [0.15, 0.2) is 24.3 Å². The second-order valence-electron chi connectivity index (χ2n) is 4.71. The lowest BCUT2D eigenvalue weighted by Crippen LogP contribution is -2.35. The van der Waals surface area contributed by atoms with E-state index in [2.05, 4.69) is 30.9 Å². The Hall–Kier alpha value is -1.06. The van der Waals surface area contributed by atoms with E-state index in [1.165, 1.54) is 5.69 Å². The highest BCUT2D eigenvalue weighted by Gasteiger charge is 2.13. The summed E-state index contributed by atoms with van der Waals surface area (Å²) in [5, 5.41) is 9.52. The van der Waals surface area contributed by atoms with E-state index in [0.29, 0.717) is 6.04 Å². The Bertz CT molecular complexity index is 335. The van der Waals surface area contributed by atoms with Crippen molar-refractivity contribution in [2.24, 2.45) is 0 Å². The van der Waals surface area contributed by atoms with Gasteiger partial charge in [0.15, 0.2) is 0 Å². The van der Waals surface area contributed by atoms with E-state index in [4.69, 9.17) is 4.74 Å². The van der Waals surface area contributed by atoms with Gasteiger partial charge >= 0.3 is 0 Å². The highest BCUT2D eigenvalue weighted by Crippen LogP contribution is 2.21. The van der Waals surface area contributed by atoms with Gasteiger partial charge in [0, 0.05) is 25.4 Å². The summed E-state index contributed by atoms with van der Waals surface area (Å²) < 4.78 is 5.17. The summed E-state index contributed by atoms with van der Waals surface area (Å²) in [4.78, 5) is 2.34. The third-order valence-electron chi connectivity index (χ3n) is 3.37. The number of rotatable bonds is 7. The summed E-state index contributed by atoms with van der Waals surface area (Å²) in [5.74, 6) is 0. The summed E-state index contributed by atoms with van der Waals surface area (Å²) in [6.07, 6.45) is 0.692. The fourth-order valence-corrected chi connectivity index (χ4v) is 1.96. The monoisotopic (exact) mass is 251 g/mol. The van der Waals surface area contributed by atoms with Gasteiger partial charge in [-0.05, 0) is 38.0 Å². The number of hydrogen-bond donors (Lipinski definition) is 1. The van der Waals surface area contributed by atoms with Crippen LogP contribution in [0.1, 0.15) is 38.9 Å². The van der Waals surface area contributed by atoms with Gasteiger partial charge in [0.1, 0.15) is 0 Å². The van der Waals surface area contributed by atoms with E-state index in [-0.39, 0.29) is 0 Å². The van der Waals surface area contributed by atoms with Crippen LogP contribution in [0, 0.1) is 0 Å². The van der Waals surface area contributed by atoms with Crippen LogP contribution < -0.4 is 4.90 Å². The minimum absolute atomic E-state index is 0.407. The Morgan fingerprint density at radius 2 is 1.83 bits per heavy atom. The molecule has 3 heteroatoms. The lowest BCUT2D eigenvalue weighted by atomic mass is 10.1. The molecule has 0 spiro atoms. The topological polar surface area (TPSA) is 32.7 Å². The van der Waals surface area contributed by atoms with E-state index in [0.717, 1.165) is 25.1 Å². The summed E-state index contributed by atoms with van der Waals surface area (Å²) in [6, 6.07) is 8.61. The number of aliphatic hydroxyl groups excluding tert-OH is 1. The molecule has 1 aromatic rings. The molecule has 0 aliphatic rings. The van der Waals surface area contributed by atoms with E-state index in [9.17, 15) is 5.11 Å². The molecule has 0 aromatic heterocycles. The van der Waals surface area contributed by atoms with Crippen molar-refractivity contribution in [1.82, 2.24) is 0 Å². The van der Waals surface area contributed by atoms with Crippen molar-refractivity contribution in [2.75, 3.05) is 25.2 Å². The quantitative estimate of drug-likeness (QED) is 0.808. The molecule has 0 aliphatic carbocycles. The molecule has 0 amide bonds. The van der Waals surface area contributed by atoms with Crippen molar-refractivity contribution in [2.45, 2.75) is 39.3 Å². The summed E-state index contributed by atoms with van der Waals surface area (Å²) in [5.41, 5.74) is 2.14. The molecule has 0 aliphatic heterocycles. The van der Waals surface area contributed by atoms with Crippen LogP contribution in [0.25, 0.3) is 0 Å². The first-order chi connectivity index (χ1) is 8.60. The summed E-state index contributed by atoms with van der Waals surface area (Å²) in [7, 11) is 1.73. The molecule has 2 atom stereocenters. The first-order valence-corrected chi connectivity index (χ1v) is 6.63. The van der Waals surface area contributed by atoms with Gasteiger partial charge in [-0.3, -0.25) is 0 Å². The maximum Gasteiger partial charge on any atom is 0.0761 e. The van der Waals surface area contributed by atoms with Crippen molar-refractivity contribution in [3.8, 4) is 0 Å². The van der Waals surface area contributed by atoms with E-state index in [1.807, 2.05) is 12.1 Å². The first-order valence-electron chi connectivity index (χ1n) is 6.63. The fraction of sp³-hybridized carbons (Fsp3) is 0.600. The Balaban J connectivity index is 2.83. The largest absolute Gasteiger partial charge is 0.389 e. The number of hydrogen-bond acceptors (Lipinski definition) is 3. The number of benzene rings is 1. The van der Waals surface area contributed by atoms with Gasteiger partial charge in [-0.2, -0.15) is 0 Å². The molecule has 18 heavy (non-hydrogen) atoms. The molecule has 0 fully saturated rings. The molecule has 1 unspecified atom stereocenters.